The van der Waals surface area contributed by atoms with Crippen LogP contribution in [0.3, 0.4) is 0 Å². The summed E-state index contributed by atoms with van der Waals surface area (Å²) >= 11 is 0. The minimum atomic E-state index is -1.00. The molecule has 0 spiro atoms. The van der Waals surface area contributed by atoms with Gasteiger partial charge in [-0.3, -0.25) is 9.78 Å². The van der Waals surface area contributed by atoms with Crippen LogP contribution in [0.4, 0.5) is 10.1 Å². The maximum Gasteiger partial charge on any atom is 0.323 e. The van der Waals surface area contributed by atoms with E-state index in [0.717, 1.165) is 0 Å². The molecule has 0 amide bonds. The predicted molar refractivity (Wildman–Crippen MR) is 81.3 cm³/mol. The second-order valence-electron chi connectivity index (χ2n) is 5.07. The molecule has 0 bridgehead atoms. The van der Waals surface area contributed by atoms with Crippen molar-refractivity contribution in [2.24, 2.45) is 0 Å². The Hall–Kier alpha value is -2.68. The Labute approximate surface area is 127 Å². The van der Waals surface area contributed by atoms with E-state index in [1.165, 1.54) is 18.3 Å². The average molecular weight is 301 g/mol. The molecule has 2 aromatic rings. The molecule has 1 aromatic carbocycles. The Kier molecular flexibility index (Phi) is 4.56. The molecule has 0 aliphatic heterocycles. The van der Waals surface area contributed by atoms with Crippen molar-refractivity contribution in [2.45, 2.75) is 20.3 Å². The zero-order valence-electron chi connectivity index (χ0n) is 12.4. The summed E-state index contributed by atoms with van der Waals surface area (Å²) < 4.78 is 13.8. The van der Waals surface area contributed by atoms with Crippen molar-refractivity contribution < 1.29 is 14.3 Å². The predicted octanol–water partition coefficient (Wildman–Crippen LogP) is 2.86. The van der Waals surface area contributed by atoms with Gasteiger partial charge in [0.15, 0.2) is 0 Å². The van der Waals surface area contributed by atoms with Crippen LogP contribution in [0.15, 0.2) is 18.3 Å². The van der Waals surface area contributed by atoms with Gasteiger partial charge in [-0.25, -0.2) is 4.39 Å². The van der Waals surface area contributed by atoms with Gasteiger partial charge in [-0.1, -0.05) is 6.92 Å². The van der Waals surface area contributed by atoms with E-state index in [1.54, 1.807) is 11.8 Å². The molecule has 0 fully saturated rings. The zero-order chi connectivity index (χ0) is 16.3. The van der Waals surface area contributed by atoms with Gasteiger partial charge in [0, 0.05) is 18.1 Å². The number of hydrogen-bond donors (Lipinski definition) is 1. The van der Waals surface area contributed by atoms with Gasteiger partial charge >= 0.3 is 5.97 Å². The highest BCUT2D eigenvalue weighted by Gasteiger charge is 2.19. The number of benzene rings is 1. The molecule has 5 nitrogen and oxygen atoms in total. The van der Waals surface area contributed by atoms with Crippen LogP contribution in [-0.2, 0) is 4.79 Å². The lowest BCUT2D eigenvalue weighted by atomic mass is 10.0. The zero-order valence-corrected chi connectivity index (χ0v) is 12.4. The summed E-state index contributed by atoms with van der Waals surface area (Å²) in [7, 11) is 0. The fourth-order valence-corrected chi connectivity index (χ4v) is 2.55. The number of anilines is 1. The van der Waals surface area contributed by atoms with Crippen LogP contribution in [0.1, 0.15) is 24.5 Å². The molecular weight excluding hydrogens is 285 g/mol. The topological polar surface area (TPSA) is 77.2 Å². The number of hydrogen-bond acceptors (Lipinski definition) is 4. The summed E-state index contributed by atoms with van der Waals surface area (Å²) in [5, 5.41) is 18.9. The number of aliphatic carboxylic acids is 1. The number of fused-ring (bicyclic) bond motifs is 1. The van der Waals surface area contributed by atoms with Crippen LogP contribution in [-0.4, -0.2) is 29.1 Å². The molecular formula is C16H16FN3O2. The lowest BCUT2D eigenvalue weighted by Gasteiger charge is -2.25. The van der Waals surface area contributed by atoms with Crippen LogP contribution in [0.2, 0.25) is 0 Å². The Morgan fingerprint density at radius 1 is 1.50 bits per heavy atom. The fraction of sp³-hybridized carbons (Fsp3) is 0.312. The summed E-state index contributed by atoms with van der Waals surface area (Å²) in [4.78, 5) is 16.9. The molecule has 114 valence electrons. The summed E-state index contributed by atoms with van der Waals surface area (Å²) in [5.41, 5.74) is 1.89. The van der Waals surface area contributed by atoms with E-state index in [4.69, 9.17) is 5.11 Å². The quantitative estimate of drug-likeness (QED) is 0.918. The minimum Gasteiger partial charge on any atom is -0.480 e. The van der Waals surface area contributed by atoms with Gasteiger partial charge in [-0.05, 0) is 31.0 Å². The Balaban J connectivity index is 2.77. The molecule has 0 aliphatic rings. The number of carbonyl (C=O) groups is 1. The number of nitriles is 1. The van der Waals surface area contributed by atoms with E-state index < -0.39 is 11.8 Å². The van der Waals surface area contributed by atoms with Crippen LogP contribution >= 0.6 is 0 Å². The number of carboxylic acid groups (broad SMARTS) is 1. The van der Waals surface area contributed by atoms with E-state index in [1.807, 2.05) is 13.0 Å². The number of nitrogens with zero attached hydrogens (tertiary/aromatic N) is 3. The first-order chi connectivity index (χ1) is 10.5. The van der Waals surface area contributed by atoms with E-state index in [0.29, 0.717) is 35.1 Å². The van der Waals surface area contributed by atoms with Gasteiger partial charge in [0.2, 0.25) is 0 Å². The molecule has 0 aliphatic carbocycles. The van der Waals surface area contributed by atoms with Crippen molar-refractivity contribution in [1.29, 1.82) is 5.26 Å². The molecule has 1 aromatic heterocycles. The molecule has 0 atom stereocenters. The molecule has 1 heterocycles. The largest absolute Gasteiger partial charge is 0.480 e. The first kappa shape index (κ1) is 15.7. The second kappa shape index (κ2) is 6.39. The van der Waals surface area contributed by atoms with Crippen molar-refractivity contribution in [1.82, 2.24) is 4.98 Å². The fourth-order valence-electron chi connectivity index (χ4n) is 2.55. The van der Waals surface area contributed by atoms with E-state index in [-0.39, 0.29) is 12.1 Å². The highest BCUT2D eigenvalue weighted by molar-refractivity contribution is 5.97. The van der Waals surface area contributed by atoms with Gasteiger partial charge in [0.25, 0.3) is 0 Å². The average Bonchev–Trinajstić information content (AvgIpc) is 2.45. The van der Waals surface area contributed by atoms with Gasteiger partial charge in [-0.2, -0.15) is 5.26 Å². The van der Waals surface area contributed by atoms with Crippen LogP contribution in [0, 0.1) is 24.1 Å². The van der Waals surface area contributed by atoms with Crippen LogP contribution < -0.4 is 4.90 Å². The van der Waals surface area contributed by atoms with Crippen molar-refractivity contribution in [2.75, 3.05) is 18.0 Å². The number of pyridine rings is 1. The number of aromatic nitrogens is 1. The van der Waals surface area contributed by atoms with Gasteiger partial charge < -0.3 is 10.0 Å². The van der Waals surface area contributed by atoms with Gasteiger partial charge in [0.1, 0.15) is 18.4 Å². The van der Waals surface area contributed by atoms with Gasteiger partial charge in [-0.15, -0.1) is 0 Å². The molecule has 0 saturated carbocycles. The van der Waals surface area contributed by atoms with Crippen molar-refractivity contribution in [3.63, 3.8) is 0 Å². The molecule has 0 saturated heterocycles. The number of carboxylic acids is 1. The third-order valence-electron chi connectivity index (χ3n) is 3.35. The maximum atomic E-state index is 13.8. The molecule has 22 heavy (non-hydrogen) atoms. The molecule has 2 rings (SSSR count). The maximum absolute atomic E-state index is 13.8. The highest BCUT2D eigenvalue weighted by atomic mass is 19.1. The smallest absolute Gasteiger partial charge is 0.323 e. The van der Waals surface area contributed by atoms with Crippen LogP contribution in [0.5, 0.6) is 0 Å². The molecule has 0 radical (unpaired) electrons. The normalized spacial score (nSPS) is 10.5. The summed E-state index contributed by atoms with van der Waals surface area (Å²) in [5.74, 6) is -1.44. The minimum absolute atomic E-state index is 0.243. The first-order valence-corrected chi connectivity index (χ1v) is 6.93. The summed E-state index contributed by atoms with van der Waals surface area (Å²) in [6.45, 7) is 3.85. The Bertz CT molecular complexity index is 768. The third kappa shape index (κ3) is 2.98. The first-order valence-electron chi connectivity index (χ1n) is 6.93. The van der Waals surface area contributed by atoms with Crippen LogP contribution in [0.25, 0.3) is 10.9 Å². The standard InChI is InChI=1S/C16H16FN3O2/c1-3-4-20(9-14(21)22)16-11(7-18)8-19-15-10(2)5-12(17)6-13(15)16/h5-6,8H,3-4,9H2,1-2H3,(H,21,22). The Morgan fingerprint density at radius 2 is 2.23 bits per heavy atom. The van der Waals surface area contributed by atoms with E-state index >= 15 is 0 Å². The number of halogens is 1. The lowest BCUT2D eigenvalue weighted by Crippen LogP contribution is -2.31. The number of aryl methyl sites for hydroxylation is 1. The Morgan fingerprint density at radius 3 is 2.82 bits per heavy atom. The molecule has 1 N–H and O–H groups in total. The summed E-state index contributed by atoms with van der Waals surface area (Å²) in [6.07, 6.45) is 2.11. The molecule has 6 heteroatoms. The van der Waals surface area contributed by atoms with Crippen molar-refractivity contribution in [3.05, 3.63) is 35.3 Å². The summed E-state index contributed by atoms with van der Waals surface area (Å²) in [6, 6.07) is 4.69. The van der Waals surface area contributed by atoms with E-state index in [2.05, 4.69) is 4.98 Å². The van der Waals surface area contributed by atoms with Crippen molar-refractivity contribution in [3.8, 4) is 6.07 Å². The van der Waals surface area contributed by atoms with Gasteiger partial charge in [0.05, 0.1) is 16.8 Å². The SMILES string of the molecule is CCCN(CC(=O)O)c1c(C#N)cnc2c(C)cc(F)cc12. The number of rotatable bonds is 5. The molecule has 0 unspecified atom stereocenters. The van der Waals surface area contributed by atoms with Crippen molar-refractivity contribution >= 4 is 22.6 Å². The van der Waals surface area contributed by atoms with E-state index in [9.17, 15) is 14.4 Å². The monoisotopic (exact) mass is 301 g/mol. The third-order valence-corrected chi connectivity index (χ3v) is 3.35. The highest BCUT2D eigenvalue weighted by Crippen LogP contribution is 2.31. The lowest BCUT2D eigenvalue weighted by molar-refractivity contribution is -0.135. The second-order valence-corrected chi connectivity index (χ2v) is 5.07.